The second-order valence-corrected chi connectivity index (χ2v) is 3.05. The number of Topliss-reactive ketones (excluding diaryl/α,β-unsaturated/α-hetero) is 1. The van der Waals surface area contributed by atoms with Crippen molar-refractivity contribution in [1.29, 1.82) is 5.26 Å². The molecule has 0 aliphatic carbocycles. The van der Waals surface area contributed by atoms with Crippen LogP contribution in [-0.2, 0) is 6.42 Å². The van der Waals surface area contributed by atoms with Crippen LogP contribution in [0.4, 0.5) is 0 Å². The van der Waals surface area contributed by atoms with Crippen LogP contribution in [0.25, 0.3) is 0 Å². The fraction of sp³-hybridized carbons (Fsp3) is 0.273. The first kappa shape index (κ1) is 10.3. The second-order valence-electron chi connectivity index (χ2n) is 3.05. The predicted molar refractivity (Wildman–Crippen MR) is 52.2 cm³/mol. The highest BCUT2D eigenvalue weighted by Crippen LogP contribution is 2.23. The van der Waals surface area contributed by atoms with E-state index in [4.69, 9.17) is 5.26 Å². The topological polar surface area (TPSA) is 61.1 Å². The molecule has 1 aromatic rings. The molecule has 14 heavy (non-hydrogen) atoms. The third-order valence-electron chi connectivity index (χ3n) is 2.10. The van der Waals surface area contributed by atoms with Crippen LogP contribution in [-0.4, -0.2) is 10.9 Å². The molecule has 0 aliphatic heterocycles. The van der Waals surface area contributed by atoms with Gasteiger partial charge >= 0.3 is 0 Å². The summed E-state index contributed by atoms with van der Waals surface area (Å²) < 4.78 is 0. The van der Waals surface area contributed by atoms with Crippen molar-refractivity contribution in [3.63, 3.8) is 0 Å². The van der Waals surface area contributed by atoms with E-state index >= 15 is 0 Å². The summed E-state index contributed by atoms with van der Waals surface area (Å²) in [6.07, 6.45) is 0.637. The Morgan fingerprint density at radius 3 is 2.64 bits per heavy atom. The smallest absolute Gasteiger partial charge is 0.161 e. The molecule has 0 amide bonds. The fourth-order valence-electron chi connectivity index (χ4n) is 1.30. The molecule has 0 saturated carbocycles. The Balaban J connectivity index is 3.42. The third kappa shape index (κ3) is 1.74. The van der Waals surface area contributed by atoms with Crippen LogP contribution in [0.15, 0.2) is 12.1 Å². The van der Waals surface area contributed by atoms with E-state index in [1.165, 1.54) is 13.0 Å². The summed E-state index contributed by atoms with van der Waals surface area (Å²) in [6, 6.07) is 4.81. The van der Waals surface area contributed by atoms with E-state index < -0.39 is 0 Å². The Kier molecular flexibility index (Phi) is 2.88. The number of hydrogen-bond acceptors (Lipinski definition) is 3. The average molecular weight is 189 g/mol. The van der Waals surface area contributed by atoms with E-state index in [2.05, 4.69) is 0 Å². The van der Waals surface area contributed by atoms with Crippen LogP contribution in [0, 0.1) is 11.3 Å². The van der Waals surface area contributed by atoms with E-state index in [-0.39, 0.29) is 17.1 Å². The Bertz CT molecular complexity index is 416. The highest BCUT2D eigenvalue weighted by Gasteiger charge is 2.11. The van der Waals surface area contributed by atoms with Gasteiger partial charge in [-0.05, 0) is 31.0 Å². The Labute approximate surface area is 82.6 Å². The molecular weight excluding hydrogens is 178 g/mol. The number of ketones is 1. The first-order valence-electron chi connectivity index (χ1n) is 4.37. The normalized spacial score (nSPS) is 9.50. The van der Waals surface area contributed by atoms with Crippen molar-refractivity contribution in [1.82, 2.24) is 0 Å². The molecule has 0 aliphatic rings. The van der Waals surface area contributed by atoms with Gasteiger partial charge in [-0.15, -0.1) is 0 Å². The number of aryl methyl sites for hydroxylation is 1. The van der Waals surface area contributed by atoms with Crippen molar-refractivity contribution in [3.05, 3.63) is 28.8 Å². The van der Waals surface area contributed by atoms with E-state index in [1.54, 1.807) is 6.07 Å². The highest BCUT2D eigenvalue weighted by molar-refractivity contribution is 5.97. The lowest BCUT2D eigenvalue weighted by molar-refractivity contribution is 0.101. The van der Waals surface area contributed by atoms with Gasteiger partial charge in [0.1, 0.15) is 11.8 Å². The summed E-state index contributed by atoms with van der Waals surface area (Å²) in [7, 11) is 0. The number of rotatable bonds is 2. The van der Waals surface area contributed by atoms with E-state index in [0.717, 1.165) is 0 Å². The summed E-state index contributed by atoms with van der Waals surface area (Å²) in [5, 5.41) is 18.2. The van der Waals surface area contributed by atoms with Gasteiger partial charge in [-0.25, -0.2) is 0 Å². The third-order valence-corrected chi connectivity index (χ3v) is 2.10. The molecule has 1 rings (SSSR count). The average Bonchev–Trinajstić information content (AvgIpc) is 2.16. The molecule has 3 heteroatoms. The van der Waals surface area contributed by atoms with E-state index in [0.29, 0.717) is 17.5 Å². The zero-order valence-corrected chi connectivity index (χ0v) is 8.16. The predicted octanol–water partition coefficient (Wildman–Crippen LogP) is 2.03. The number of carbonyl (C=O) groups is 1. The fourth-order valence-corrected chi connectivity index (χ4v) is 1.30. The van der Waals surface area contributed by atoms with Crippen molar-refractivity contribution in [3.8, 4) is 11.8 Å². The maximum atomic E-state index is 11.2. The van der Waals surface area contributed by atoms with Gasteiger partial charge in [-0.3, -0.25) is 4.79 Å². The molecule has 0 spiro atoms. The number of phenolic OH excluding ortho intramolecular Hbond substituents is 1. The number of nitrogens with zero attached hydrogens (tertiary/aromatic N) is 1. The van der Waals surface area contributed by atoms with E-state index in [9.17, 15) is 9.90 Å². The molecule has 1 N–H and O–H groups in total. The second kappa shape index (κ2) is 3.93. The summed E-state index contributed by atoms with van der Waals surface area (Å²) in [5.41, 5.74) is 1.29. The van der Waals surface area contributed by atoms with Crippen LogP contribution >= 0.6 is 0 Å². The number of hydrogen-bond donors (Lipinski definition) is 1. The minimum absolute atomic E-state index is 0.0778. The molecule has 0 bridgehead atoms. The van der Waals surface area contributed by atoms with Crippen LogP contribution in [0.2, 0.25) is 0 Å². The number of aromatic hydroxyl groups is 1. The Morgan fingerprint density at radius 2 is 2.21 bits per heavy atom. The van der Waals surface area contributed by atoms with Crippen LogP contribution in [0.1, 0.15) is 35.3 Å². The van der Waals surface area contributed by atoms with Gasteiger partial charge in [-0.2, -0.15) is 5.26 Å². The van der Waals surface area contributed by atoms with Crippen molar-refractivity contribution in [2.24, 2.45) is 0 Å². The first-order chi connectivity index (χ1) is 6.60. The van der Waals surface area contributed by atoms with Gasteiger partial charge in [0.2, 0.25) is 0 Å². The maximum Gasteiger partial charge on any atom is 0.161 e. The molecule has 0 heterocycles. The molecular formula is C11H11NO2. The highest BCUT2D eigenvalue weighted by atomic mass is 16.3. The van der Waals surface area contributed by atoms with E-state index in [1.807, 2.05) is 13.0 Å². The van der Waals surface area contributed by atoms with Crippen molar-refractivity contribution in [2.45, 2.75) is 20.3 Å². The molecule has 0 radical (unpaired) electrons. The lowest BCUT2D eigenvalue weighted by Crippen LogP contribution is -1.98. The summed E-state index contributed by atoms with van der Waals surface area (Å²) in [5.74, 6) is -0.0784. The van der Waals surface area contributed by atoms with Gasteiger partial charge in [0.15, 0.2) is 5.78 Å². The van der Waals surface area contributed by atoms with Crippen molar-refractivity contribution in [2.75, 3.05) is 0 Å². The van der Waals surface area contributed by atoms with Gasteiger partial charge in [-0.1, -0.05) is 6.92 Å². The van der Waals surface area contributed by atoms with Crippen molar-refractivity contribution >= 4 is 5.78 Å². The molecule has 0 unspecified atom stereocenters. The number of carbonyl (C=O) groups excluding carboxylic acids is 1. The number of nitriles is 1. The molecule has 0 fully saturated rings. The van der Waals surface area contributed by atoms with Crippen LogP contribution < -0.4 is 0 Å². The standard InChI is InChI=1S/C11H11NO2/c1-3-8-4-10(7(2)13)9(6-12)5-11(8)14/h4-5,14H,3H2,1-2H3. The molecule has 0 aromatic heterocycles. The first-order valence-corrected chi connectivity index (χ1v) is 4.37. The minimum Gasteiger partial charge on any atom is -0.508 e. The molecule has 72 valence electrons. The summed E-state index contributed by atoms with van der Waals surface area (Å²) >= 11 is 0. The molecule has 1 aromatic carbocycles. The maximum absolute atomic E-state index is 11.2. The zero-order chi connectivity index (χ0) is 10.7. The van der Waals surface area contributed by atoms with Gasteiger partial charge in [0, 0.05) is 5.56 Å². The lowest BCUT2D eigenvalue weighted by atomic mass is 10.00. The van der Waals surface area contributed by atoms with Crippen LogP contribution in [0.3, 0.4) is 0 Å². The lowest BCUT2D eigenvalue weighted by Gasteiger charge is -2.05. The monoisotopic (exact) mass is 189 g/mol. The Morgan fingerprint density at radius 1 is 1.57 bits per heavy atom. The Hall–Kier alpha value is -1.82. The molecule has 0 saturated heterocycles. The number of phenols is 1. The zero-order valence-electron chi connectivity index (χ0n) is 8.16. The SMILES string of the molecule is CCc1cc(C(C)=O)c(C#N)cc1O. The minimum atomic E-state index is -0.156. The quantitative estimate of drug-likeness (QED) is 0.724. The largest absolute Gasteiger partial charge is 0.508 e. The summed E-state index contributed by atoms with van der Waals surface area (Å²) in [4.78, 5) is 11.2. The van der Waals surface area contributed by atoms with Crippen LogP contribution in [0.5, 0.6) is 5.75 Å². The summed E-state index contributed by atoms with van der Waals surface area (Å²) in [6.45, 7) is 3.29. The van der Waals surface area contributed by atoms with Crippen molar-refractivity contribution < 1.29 is 9.90 Å². The van der Waals surface area contributed by atoms with Gasteiger partial charge < -0.3 is 5.11 Å². The molecule has 0 atom stereocenters. The molecule has 3 nitrogen and oxygen atoms in total. The number of benzene rings is 1. The van der Waals surface area contributed by atoms with Gasteiger partial charge in [0.05, 0.1) is 5.56 Å². The van der Waals surface area contributed by atoms with Gasteiger partial charge in [0.25, 0.3) is 0 Å².